The first-order valence-electron chi connectivity index (χ1n) is 7.61. The Balaban J connectivity index is 1.79. The van der Waals surface area contributed by atoms with Crippen molar-refractivity contribution in [1.82, 2.24) is 4.98 Å². The van der Waals surface area contributed by atoms with Crippen LogP contribution in [-0.4, -0.2) is 10.8 Å². The molecule has 0 spiro atoms. The van der Waals surface area contributed by atoms with Crippen molar-refractivity contribution < 1.29 is 9.53 Å². The maximum absolute atomic E-state index is 12.6. The molecule has 0 aliphatic heterocycles. The predicted molar refractivity (Wildman–Crippen MR) is 94.5 cm³/mol. The molecule has 0 radical (unpaired) electrons. The number of carbonyl (C=O) groups excluding carboxylic acids is 1. The van der Waals surface area contributed by atoms with E-state index in [1.54, 1.807) is 30.6 Å². The van der Waals surface area contributed by atoms with Crippen LogP contribution in [0.1, 0.15) is 21.5 Å². The minimum Gasteiger partial charge on any atom is -0.488 e. The summed E-state index contributed by atoms with van der Waals surface area (Å²) in [5.41, 5.74) is 2.39. The summed E-state index contributed by atoms with van der Waals surface area (Å²) >= 11 is 6.06. The number of nitrogens with zero attached hydrogens (tertiary/aromatic N) is 1. The summed E-state index contributed by atoms with van der Waals surface area (Å²) in [5.74, 6) is 0.491. The quantitative estimate of drug-likeness (QED) is 0.610. The molecule has 0 N–H and O–H groups in total. The van der Waals surface area contributed by atoms with E-state index in [1.165, 1.54) is 0 Å². The average molecular weight is 338 g/mol. The molecule has 1 aromatic heterocycles. The summed E-state index contributed by atoms with van der Waals surface area (Å²) in [6.45, 7) is 0.398. The van der Waals surface area contributed by atoms with Gasteiger partial charge in [0.2, 0.25) is 0 Å². The van der Waals surface area contributed by atoms with Gasteiger partial charge in [-0.2, -0.15) is 0 Å². The van der Waals surface area contributed by atoms with E-state index in [1.807, 2.05) is 42.5 Å². The second kappa shape index (κ2) is 7.75. The van der Waals surface area contributed by atoms with Gasteiger partial charge < -0.3 is 4.74 Å². The maximum atomic E-state index is 12.6. The number of hydrogen-bond acceptors (Lipinski definition) is 3. The van der Waals surface area contributed by atoms with E-state index in [2.05, 4.69) is 4.98 Å². The van der Waals surface area contributed by atoms with Crippen LogP contribution in [0.25, 0.3) is 0 Å². The minimum atomic E-state index is -0.0476. The third-order valence-corrected chi connectivity index (χ3v) is 3.80. The van der Waals surface area contributed by atoms with Crippen LogP contribution in [0, 0.1) is 0 Å². The normalized spacial score (nSPS) is 10.4. The van der Waals surface area contributed by atoms with Gasteiger partial charge in [-0.15, -0.1) is 0 Å². The first kappa shape index (κ1) is 16.2. The molecule has 120 valence electrons. The molecule has 0 aliphatic rings. The van der Waals surface area contributed by atoms with Crippen molar-refractivity contribution in [2.24, 2.45) is 0 Å². The molecule has 0 saturated heterocycles. The number of carbonyl (C=O) groups is 1. The molecule has 0 bridgehead atoms. The van der Waals surface area contributed by atoms with Crippen LogP contribution in [0.5, 0.6) is 5.75 Å². The Bertz CT molecular complexity index is 820. The highest BCUT2D eigenvalue weighted by molar-refractivity contribution is 6.31. The molecule has 3 rings (SSSR count). The van der Waals surface area contributed by atoms with Gasteiger partial charge in [-0.3, -0.25) is 9.78 Å². The monoisotopic (exact) mass is 337 g/mol. The van der Waals surface area contributed by atoms with Crippen molar-refractivity contribution in [1.29, 1.82) is 0 Å². The highest BCUT2D eigenvalue weighted by atomic mass is 35.5. The SMILES string of the molecule is O=C(Cc1cccnc1)c1cc(Cl)ccc1OCc1ccccc1. The van der Waals surface area contributed by atoms with Crippen LogP contribution >= 0.6 is 11.6 Å². The van der Waals surface area contributed by atoms with Crippen molar-refractivity contribution in [3.8, 4) is 5.75 Å². The van der Waals surface area contributed by atoms with Crippen molar-refractivity contribution in [3.63, 3.8) is 0 Å². The molecular formula is C20H16ClNO2. The van der Waals surface area contributed by atoms with E-state index in [0.717, 1.165) is 11.1 Å². The van der Waals surface area contributed by atoms with Gasteiger partial charge in [0, 0.05) is 23.8 Å². The van der Waals surface area contributed by atoms with Crippen LogP contribution in [0.3, 0.4) is 0 Å². The number of aromatic nitrogens is 1. The lowest BCUT2D eigenvalue weighted by molar-refractivity contribution is 0.0988. The van der Waals surface area contributed by atoms with Crippen molar-refractivity contribution in [2.75, 3.05) is 0 Å². The Morgan fingerprint density at radius 1 is 1.00 bits per heavy atom. The van der Waals surface area contributed by atoms with E-state index in [4.69, 9.17) is 16.3 Å². The van der Waals surface area contributed by atoms with E-state index >= 15 is 0 Å². The van der Waals surface area contributed by atoms with Gasteiger partial charge in [-0.1, -0.05) is 48.0 Å². The van der Waals surface area contributed by atoms with Gasteiger partial charge in [-0.05, 0) is 35.4 Å². The van der Waals surface area contributed by atoms with Gasteiger partial charge in [-0.25, -0.2) is 0 Å². The van der Waals surface area contributed by atoms with Gasteiger partial charge in [0.15, 0.2) is 5.78 Å². The van der Waals surface area contributed by atoms with Gasteiger partial charge >= 0.3 is 0 Å². The second-order valence-electron chi connectivity index (χ2n) is 5.38. The van der Waals surface area contributed by atoms with E-state index in [0.29, 0.717) is 22.9 Å². The van der Waals surface area contributed by atoms with Crippen LogP contribution in [0.4, 0.5) is 0 Å². The molecule has 0 saturated carbocycles. The smallest absolute Gasteiger partial charge is 0.171 e. The van der Waals surface area contributed by atoms with Crippen molar-refractivity contribution in [3.05, 3.63) is 94.8 Å². The van der Waals surface area contributed by atoms with Gasteiger partial charge in [0.25, 0.3) is 0 Å². The number of ether oxygens (including phenoxy) is 1. The van der Waals surface area contributed by atoms with Gasteiger partial charge in [0.1, 0.15) is 12.4 Å². The van der Waals surface area contributed by atoms with E-state index in [-0.39, 0.29) is 12.2 Å². The number of hydrogen-bond donors (Lipinski definition) is 0. The zero-order valence-electron chi connectivity index (χ0n) is 13.0. The number of rotatable bonds is 6. The minimum absolute atomic E-state index is 0.0476. The summed E-state index contributed by atoms with van der Waals surface area (Å²) in [6.07, 6.45) is 3.63. The highest BCUT2D eigenvalue weighted by Crippen LogP contribution is 2.25. The molecule has 0 unspecified atom stereocenters. The number of halogens is 1. The van der Waals surface area contributed by atoms with Crippen LogP contribution in [0.2, 0.25) is 5.02 Å². The predicted octanol–water partition coefficient (Wildman–Crippen LogP) is 4.74. The lowest BCUT2D eigenvalue weighted by Crippen LogP contribution is -2.07. The number of Topliss-reactive ketones (excluding diaryl/α,β-unsaturated/α-hetero) is 1. The Hall–Kier alpha value is -2.65. The fourth-order valence-electron chi connectivity index (χ4n) is 2.36. The van der Waals surface area contributed by atoms with E-state index in [9.17, 15) is 4.79 Å². The second-order valence-corrected chi connectivity index (χ2v) is 5.81. The Morgan fingerprint density at radius 3 is 2.54 bits per heavy atom. The molecule has 24 heavy (non-hydrogen) atoms. The molecule has 0 amide bonds. The lowest BCUT2D eigenvalue weighted by Gasteiger charge is -2.11. The fourth-order valence-corrected chi connectivity index (χ4v) is 2.54. The summed E-state index contributed by atoms with van der Waals surface area (Å²) < 4.78 is 5.84. The zero-order valence-corrected chi connectivity index (χ0v) is 13.7. The first-order valence-corrected chi connectivity index (χ1v) is 7.98. The molecule has 3 aromatic rings. The summed E-state index contributed by atoms with van der Waals surface area (Å²) in [5, 5.41) is 0.511. The summed E-state index contributed by atoms with van der Waals surface area (Å²) in [4.78, 5) is 16.7. The third kappa shape index (κ3) is 4.21. The third-order valence-electron chi connectivity index (χ3n) is 3.57. The molecule has 2 aromatic carbocycles. The topological polar surface area (TPSA) is 39.2 Å². The lowest BCUT2D eigenvalue weighted by atomic mass is 10.0. The Labute approximate surface area is 145 Å². The standard InChI is InChI=1S/C20H16ClNO2/c21-17-8-9-20(24-14-15-5-2-1-3-6-15)18(12-17)19(23)11-16-7-4-10-22-13-16/h1-10,12-13H,11,14H2. The fraction of sp³-hybridized carbons (Fsp3) is 0.100. The van der Waals surface area contributed by atoms with Gasteiger partial charge in [0.05, 0.1) is 5.56 Å². The zero-order chi connectivity index (χ0) is 16.8. The van der Waals surface area contributed by atoms with Crippen molar-refractivity contribution >= 4 is 17.4 Å². The highest BCUT2D eigenvalue weighted by Gasteiger charge is 2.14. The Morgan fingerprint density at radius 2 is 1.79 bits per heavy atom. The number of pyridine rings is 1. The molecule has 0 aliphatic carbocycles. The molecule has 4 heteroatoms. The molecule has 3 nitrogen and oxygen atoms in total. The van der Waals surface area contributed by atoms with Crippen LogP contribution < -0.4 is 4.74 Å². The van der Waals surface area contributed by atoms with Crippen LogP contribution in [0.15, 0.2) is 73.1 Å². The summed E-state index contributed by atoms with van der Waals surface area (Å²) in [7, 11) is 0. The molecule has 0 atom stereocenters. The summed E-state index contributed by atoms with van der Waals surface area (Å²) in [6, 6.07) is 18.6. The largest absolute Gasteiger partial charge is 0.488 e. The number of ketones is 1. The number of benzene rings is 2. The Kier molecular flexibility index (Phi) is 5.24. The van der Waals surface area contributed by atoms with Crippen LogP contribution in [-0.2, 0) is 13.0 Å². The first-order chi connectivity index (χ1) is 11.7. The average Bonchev–Trinajstić information content (AvgIpc) is 2.62. The van der Waals surface area contributed by atoms with E-state index < -0.39 is 0 Å². The maximum Gasteiger partial charge on any atom is 0.171 e. The van der Waals surface area contributed by atoms with Crippen molar-refractivity contribution in [2.45, 2.75) is 13.0 Å². The molecule has 1 heterocycles. The molecule has 0 fully saturated rings. The molecular weight excluding hydrogens is 322 g/mol.